The minimum atomic E-state index is 0.0946. The second-order valence-electron chi connectivity index (χ2n) is 5.24. The highest BCUT2D eigenvalue weighted by atomic mass is 16.5. The first kappa shape index (κ1) is 14.9. The SMILES string of the molecule is CCOc1cccc(NC(=O)CCC2CCNCC2)c1. The van der Waals surface area contributed by atoms with Gasteiger partial charge in [-0.25, -0.2) is 0 Å². The molecule has 1 aliphatic rings. The molecular weight excluding hydrogens is 252 g/mol. The minimum Gasteiger partial charge on any atom is -0.494 e. The fraction of sp³-hybridized carbons (Fsp3) is 0.562. The molecule has 1 aromatic rings. The molecule has 1 aliphatic heterocycles. The zero-order valence-electron chi connectivity index (χ0n) is 12.2. The van der Waals surface area contributed by atoms with E-state index in [-0.39, 0.29) is 5.91 Å². The number of hydrogen-bond acceptors (Lipinski definition) is 3. The van der Waals surface area contributed by atoms with E-state index in [1.54, 1.807) is 0 Å². The van der Waals surface area contributed by atoms with Gasteiger partial charge in [-0.15, -0.1) is 0 Å². The summed E-state index contributed by atoms with van der Waals surface area (Å²) in [7, 11) is 0. The van der Waals surface area contributed by atoms with E-state index in [2.05, 4.69) is 10.6 Å². The van der Waals surface area contributed by atoms with Crippen LogP contribution >= 0.6 is 0 Å². The Hall–Kier alpha value is -1.55. The van der Waals surface area contributed by atoms with Crippen LogP contribution in [0.3, 0.4) is 0 Å². The predicted octanol–water partition coefficient (Wildman–Crippen LogP) is 2.80. The molecule has 2 N–H and O–H groups in total. The van der Waals surface area contributed by atoms with E-state index < -0.39 is 0 Å². The number of amides is 1. The van der Waals surface area contributed by atoms with Crippen LogP contribution in [0, 0.1) is 5.92 Å². The monoisotopic (exact) mass is 276 g/mol. The van der Waals surface area contributed by atoms with Gasteiger partial charge in [0.05, 0.1) is 6.61 Å². The van der Waals surface area contributed by atoms with Crippen molar-refractivity contribution in [2.45, 2.75) is 32.6 Å². The lowest BCUT2D eigenvalue weighted by Gasteiger charge is -2.22. The van der Waals surface area contributed by atoms with Gasteiger partial charge in [0.25, 0.3) is 0 Å². The minimum absolute atomic E-state index is 0.0946. The van der Waals surface area contributed by atoms with Crippen molar-refractivity contribution >= 4 is 11.6 Å². The standard InChI is InChI=1S/C16H24N2O2/c1-2-20-15-5-3-4-14(12-15)18-16(19)7-6-13-8-10-17-11-9-13/h3-5,12-13,17H,2,6-11H2,1H3,(H,18,19). The molecule has 0 atom stereocenters. The van der Waals surface area contributed by atoms with Crippen molar-refractivity contribution in [3.05, 3.63) is 24.3 Å². The summed E-state index contributed by atoms with van der Waals surface area (Å²) in [5, 5.41) is 6.29. The lowest BCUT2D eigenvalue weighted by atomic mass is 9.93. The molecule has 1 heterocycles. The lowest BCUT2D eigenvalue weighted by Crippen LogP contribution is -2.28. The van der Waals surface area contributed by atoms with Crippen LogP contribution in [0.25, 0.3) is 0 Å². The molecule has 1 fully saturated rings. The Morgan fingerprint density at radius 1 is 1.40 bits per heavy atom. The van der Waals surface area contributed by atoms with Gasteiger partial charge in [-0.1, -0.05) is 6.07 Å². The van der Waals surface area contributed by atoms with E-state index in [4.69, 9.17) is 4.74 Å². The van der Waals surface area contributed by atoms with Crippen LogP contribution in [-0.2, 0) is 4.79 Å². The Morgan fingerprint density at radius 3 is 2.95 bits per heavy atom. The molecule has 0 spiro atoms. The smallest absolute Gasteiger partial charge is 0.224 e. The third-order valence-electron chi connectivity index (χ3n) is 3.67. The maximum Gasteiger partial charge on any atom is 0.224 e. The van der Waals surface area contributed by atoms with Gasteiger partial charge in [0.15, 0.2) is 0 Å². The molecule has 4 nitrogen and oxygen atoms in total. The largest absolute Gasteiger partial charge is 0.494 e. The van der Waals surface area contributed by atoms with Crippen molar-refractivity contribution < 1.29 is 9.53 Å². The van der Waals surface area contributed by atoms with Crippen LogP contribution in [-0.4, -0.2) is 25.6 Å². The molecule has 0 radical (unpaired) electrons. The fourth-order valence-corrected chi connectivity index (χ4v) is 2.56. The number of piperidine rings is 1. The maximum atomic E-state index is 12.0. The van der Waals surface area contributed by atoms with Crippen molar-refractivity contribution in [2.24, 2.45) is 5.92 Å². The normalized spacial score (nSPS) is 15.8. The first-order valence-electron chi connectivity index (χ1n) is 7.51. The zero-order chi connectivity index (χ0) is 14.2. The van der Waals surface area contributed by atoms with E-state index in [1.165, 1.54) is 12.8 Å². The highest BCUT2D eigenvalue weighted by molar-refractivity contribution is 5.90. The molecule has 1 aromatic carbocycles. The number of hydrogen-bond donors (Lipinski definition) is 2. The molecule has 0 aromatic heterocycles. The number of rotatable bonds is 6. The topological polar surface area (TPSA) is 50.4 Å². The molecule has 0 bridgehead atoms. The third-order valence-corrected chi connectivity index (χ3v) is 3.67. The quantitative estimate of drug-likeness (QED) is 0.840. The number of anilines is 1. The van der Waals surface area contributed by atoms with E-state index >= 15 is 0 Å². The van der Waals surface area contributed by atoms with Gasteiger partial charge in [0, 0.05) is 18.2 Å². The van der Waals surface area contributed by atoms with Gasteiger partial charge in [0.2, 0.25) is 5.91 Å². The molecule has 110 valence electrons. The average molecular weight is 276 g/mol. The maximum absolute atomic E-state index is 12.0. The number of ether oxygens (including phenoxy) is 1. The molecule has 4 heteroatoms. The molecule has 0 aliphatic carbocycles. The Morgan fingerprint density at radius 2 is 2.20 bits per heavy atom. The highest BCUT2D eigenvalue weighted by Crippen LogP contribution is 2.20. The fourth-order valence-electron chi connectivity index (χ4n) is 2.56. The summed E-state index contributed by atoms with van der Waals surface area (Å²) in [6.07, 6.45) is 3.96. The van der Waals surface area contributed by atoms with Gasteiger partial charge in [0.1, 0.15) is 5.75 Å². The van der Waals surface area contributed by atoms with E-state index in [1.807, 2.05) is 31.2 Å². The van der Waals surface area contributed by atoms with Crippen LogP contribution in [0.5, 0.6) is 5.75 Å². The summed E-state index contributed by atoms with van der Waals surface area (Å²) < 4.78 is 5.42. The molecule has 2 rings (SSSR count). The summed E-state index contributed by atoms with van der Waals surface area (Å²) in [5.41, 5.74) is 0.811. The number of nitrogens with one attached hydrogen (secondary N) is 2. The van der Waals surface area contributed by atoms with Crippen molar-refractivity contribution in [3.8, 4) is 5.75 Å². The van der Waals surface area contributed by atoms with Crippen molar-refractivity contribution in [3.63, 3.8) is 0 Å². The number of benzene rings is 1. The van der Waals surface area contributed by atoms with Crippen LogP contribution in [0.4, 0.5) is 5.69 Å². The van der Waals surface area contributed by atoms with Crippen LogP contribution in [0.1, 0.15) is 32.6 Å². The van der Waals surface area contributed by atoms with Crippen LogP contribution in [0.2, 0.25) is 0 Å². The van der Waals surface area contributed by atoms with E-state index in [0.29, 0.717) is 18.9 Å². The van der Waals surface area contributed by atoms with Crippen LogP contribution < -0.4 is 15.4 Å². The van der Waals surface area contributed by atoms with E-state index in [0.717, 1.165) is 30.9 Å². The molecule has 0 saturated carbocycles. The molecule has 1 amide bonds. The van der Waals surface area contributed by atoms with Crippen molar-refractivity contribution in [2.75, 3.05) is 25.0 Å². The Kier molecular flexibility index (Phi) is 5.87. The van der Waals surface area contributed by atoms with Gasteiger partial charge >= 0.3 is 0 Å². The van der Waals surface area contributed by atoms with Gasteiger partial charge < -0.3 is 15.4 Å². The highest BCUT2D eigenvalue weighted by Gasteiger charge is 2.14. The predicted molar refractivity (Wildman–Crippen MR) is 81.1 cm³/mol. The summed E-state index contributed by atoms with van der Waals surface area (Å²) in [4.78, 5) is 12.0. The molecule has 1 saturated heterocycles. The summed E-state index contributed by atoms with van der Waals surface area (Å²) in [6.45, 7) is 4.75. The Balaban J connectivity index is 1.77. The summed E-state index contributed by atoms with van der Waals surface area (Å²) >= 11 is 0. The van der Waals surface area contributed by atoms with Crippen LogP contribution in [0.15, 0.2) is 24.3 Å². The average Bonchev–Trinajstić information content (AvgIpc) is 2.47. The zero-order valence-corrected chi connectivity index (χ0v) is 12.2. The number of carbonyl (C=O) groups is 1. The van der Waals surface area contributed by atoms with Gasteiger partial charge in [-0.05, 0) is 57.3 Å². The number of carbonyl (C=O) groups excluding carboxylic acids is 1. The molecular formula is C16H24N2O2. The molecule has 0 unspecified atom stereocenters. The summed E-state index contributed by atoms with van der Waals surface area (Å²) in [5.74, 6) is 1.58. The van der Waals surface area contributed by atoms with Gasteiger partial charge in [-0.3, -0.25) is 4.79 Å². The first-order valence-corrected chi connectivity index (χ1v) is 7.51. The lowest BCUT2D eigenvalue weighted by molar-refractivity contribution is -0.116. The molecule has 20 heavy (non-hydrogen) atoms. The van der Waals surface area contributed by atoms with Crippen molar-refractivity contribution in [1.29, 1.82) is 0 Å². The Labute approximate surface area is 120 Å². The second kappa shape index (κ2) is 7.90. The second-order valence-corrected chi connectivity index (χ2v) is 5.24. The van der Waals surface area contributed by atoms with Crippen molar-refractivity contribution in [1.82, 2.24) is 5.32 Å². The van der Waals surface area contributed by atoms with Gasteiger partial charge in [-0.2, -0.15) is 0 Å². The first-order chi connectivity index (χ1) is 9.78. The van der Waals surface area contributed by atoms with E-state index in [9.17, 15) is 4.79 Å². The third kappa shape index (κ3) is 4.85. The summed E-state index contributed by atoms with van der Waals surface area (Å²) in [6, 6.07) is 7.55. The Bertz CT molecular complexity index is 428.